The standard InChI is InChI=1S/C7H15OPS2/c1-10-7(11-2)9-6-4-3-5-8-9/h7H,3-6H2,1-2H3. The Hall–Kier alpha value is 1.09. The van der Waals surface area contributed by atoms with E-state index in [1.54, 1.807) is 0 Å². The second kappa shape index (κ2) is 5.69. The molecule has 0 aromatic rings. The van der Waals surface area contributed by atoms with Crippen LogP contribution in [0, 0.1) is 0 Å². The summed E-state index contributed by atoms with van der Waals surface area (Å²) in [4.78, 5) is 0. The van der Waals surface area contributed by atoms with Crippen molar-refractivity contribution >= 4 is 31.7 Å². The summed E-state index contributed by atoms with van der Waals surface area (Å²) in [6, 6.07) is 0. The SMILES string of the molecule is CSC(SC)P1CCCCO1. The molecule has 1 atom stereocenters. The van der Waals surface area contributed by atoms with Gasteiger partial charge in [-0.05, 0) is 31.5 Å². The molecule has 1 rings (SSSR count). The molecule has 1 nitrogen and oxygen atoms in total. The van der Waals surface area contributed by atoms with Crippen LogP contribution in [0.2, 0.25) is 0 Å². The fourth-order valence-corrected chi connectivity index (χ4v) is 6.12. The van der Waals surface area contributed by atoms with Crippen LogP contribution in [0.25, 0.3) is 0 Å². The highest BCUT2D eigenvalue weighted by Crippen LogP contribution is 2.53. The minimum Gasteiger partial charge on any atom is -0.357 e. The summed E-state index contributed by atoms with van der Waals surface area (Å²) in [7, 11) is -0.109. The lowest BCUT2D eigenvalue weighted by Gasteiger charge is -2.27. The van der Waals surface area contributed by atoms with E-state index in [1.807, 2.05) is 23.5 Å². The summed E-state index contributed by atoms with van der Waals surface area (Å²) >= 11 is 3.89. The summed E-state index contributed by atoms with van der Waals surface area (Å²) in [6.07, 6.45) is 8.34. The van der Waals surface area contributed by atoms with Crippen molar-refractivity contribution in [3.05, 3.63) is 0 Å². The van der Waals surface area contributed by atoms with Gasteiger partial charge in [0.25, 0.3) is 0 Å². The number of thioether (sulfide) groups is 2. The van der Waals surface area contributed by atoms with Gasteiger partial charge in [-0.3, -0.25) is 0 Å². The molecule has 1 unspecified atom stereocenters. The Bertz CT molecular complexity index is 103. The summed E-state index contributed by atoms with van der Waals surface area (Å²) in [6.45, 7) is 1.00. The molecular weight excluding hydrogens is 195 g/mol. The quantitative estimate of drug-likeness (QED) is 0.523. The lowest BCUT2D eigenvalue weighted by molar-refractivity contribution is 0.324. The fraction of sp³-hybridized carbons (Fsp3) is 1.00. The van der Waals surface area contributed by atoms with Crippen molar-refractivity contribution in [2.45, 2.75) is 17.2 Å². The van der Waals surface area contributed by atoms with E-state index in [-0.39, 0.29) is 8.15 Å². The molecule has 0 saturated carbocycles. The molecule has 1 saturated heterocycles. The van der Waals surface area contributed by atoms with Crippen LogP contribution >= 0.6 is 31.7 Å². The second-order valence-corrected chi connectivity index (χ2v) is 7.40. The van der Waals surface area contributed by atoms with Crippen molar-refractivity contribution in [3.8, 4) is 0 Å². The van der Waals surface area contributed by atoms with E-state index in [9.17, 15) is 0 Å². The van der Waals surface area contributed by atoms with Crippen molar-refractivity contribution in [1.82, 2.24) is 0 Å². The third-order valence-corrected chi connectivity index (χ3v) is 8.05. The summed E-state index contributed by atoms with van der Waals surface area (Å²) in [5, 5.41) is 0. The molecule has 0 amide bonds. The van der Waals surface area contributed by atoms with Crippen molar-refractivity contribution < 1.29 is 4.52 Å². The average Bonchev–Trinajstić information content (AvgIpc) is 2.09. The fourth-order valence-electron chi connectivity index (χ4n) is 1.11. The van der Waals surface area contributed by atoms with E-state index in [0.29, 0.717) is 4.32 Å². The topological polar surface area (TPSA) is 9.23 Å². The van der Waals surface area contributed by atoms with Gasteiger partial charge in [-0.2, -0.15) is 0 Å². The van der Waals surface area contributed by atoms with E-state index in [4.69, 9.17) is 4.52 Å². The molecule has 0 aromatic carbocycles. The van der Waals surface area contributed by atoms with E-state index in [1.165, 1.54) is 19.0 Å². The maximum atomic E-state index is 5.74. The Kier molecular flexibility index (Phi) is 5.26. The van der Waals surface area contributed by atoms with Gasteiger partial charge in [-0.1, -0.05) is 0 Å². The zero-order valence-electron chi connectivity index (χ0n) is 7.08. The summed E-state index contributed by atoms with van der Waals surface area (Å²) in [5.41, 5.74) is 0. The van der Waals surface area contributed by atoms with Crippen molar-refractivity contribution in [2.75, 3.05) is 25.3 Å². The van der Waals surface area contributed by atoms with Gasteiger partial charge in [-0.15, -0.1) is 23.5 Å². The zero-order valence-corrected chi connectivity index (χ0v) is 9.61. The lowest BCUT2D eigenvalue weighted by atomic mass is 10.4. The summed E-state index contributed by atoms with van der Waals surface area (Å²) < 4.78 is 6.46. The smallest absolute Gasteiger partial charge is 0.0935 e. The highest BCUT2D eigenvalue weighted by molar-refractivity contribution is 8.22. The monoisotopic (exact) mass is 210 g/mol. The molecule has 1 aliphatic heterocycles. The minimum absolute atomic E-state index is 0.109. The van der Waals surface area contributed by atoms with Gasteiger partial charge in [-0.25, -0.2) is 0 Å². The Labute approximate surface area is 78.9 Å². The first-order valence-electron chi connectivity index (χ1n) is 3.83. The zero-order chi connectivity index (χ0) is 8.10. The molecule has 1 heterocycles. The van der Waals surface area contributed by atoms with Crippen LogP contribution in [0.15, 0.2) is 0 Å². The van der Waals surface area contributed by atoms with Crippen LogP contribution in [-0.4, -0.2) is 29.6 Å². The minimum atomic E-state index is -0.109. The number of hydrogen-bond acceptors (Lipinski definition) is 3. The van der Waals surface area contributed by atoms with Crippen molar-refractivity contribution in [3.63, 3.8) is 0 Å². The number of hydrogen-bond donors (Lipinski definition) is 0. The molecule has 11 heavy (non-hydrogen) atoms. The Morgan fingerprint density at radius 1 is 1.27 bits per heavy atom. The normalized spacial score (nSPS) is 25.9. The van der Waals surface area contributed by atoms with Crippen LogP contribution in [0.1, 0.15) is 12.8 Å². The largest absolute Gasteiger partial charge is 0.357 e. The van der Waals surface area contributed by atoms with Crippen LogP contribution in [0.3, 0.4) is 0 Å². The molecule has 1 aliphatic rings. The Morgan fingerprint density at radius 3 is 2.45 bits per heavy atom. The highest BCUT2D eigenvalue weighted by Gasteiger charge is 2.22. The first-order chi connectivity index (χ1) is 5.38. The first kappa shape index (κ1) is 10.2. The van der Waals surface area contributed by atoms with E-state index in [0.717, 1.165) is 6.61 Å². The summed E-state index contributed by atoms with van der Waals surface area (Å²) in [5.74, 6) is 0. The van der Waals surface area contributed by atoms with Gasteiger partial charge >= 0.3 is 0 Å². The van der Waals surface area contributed by atoms with Crippen LogP contribution < -0.4 is 0 Å². The molecule has 1 fully saturated rings. The van der Waals surface area contributed by atoms with E-state index in [2.05, 4.69) is 12.5 Å². The molecule has 0 spiro atoms. The maximum absolute atomic E-state index is 5.74. The highest BCUT2D eigenvalue weighted by atomic mass is 32.2. The molecule has 0 radical (unpaired) electrons. The van der Waals surface area contributed by atoms with Gasteiger partial charge in [0, 0.05) is 0 Å². The molecule has 0 aliphatic carbocycles. The molecule has 0 aromatic heterocycles. The number of rotatable bonds is 3. The van der Waals surface area contributed by atoms with Gasteiger partial charge in [0.2, 0.25) is 0 Å². The van der Waals surface area contributed by atoms with Gasteiger partial charge in [0.05, 0.1) is 19.1 Å². The Morgan fingerprint density at radius 2 is 2.00 bits per heavy atom. The molecule has 0 bridgehead atoms. The maximum Gasteiger partial charge on any atom is 0.0935 e. The van der Waals surface area contributed by atoms with Crippen LogP contribution in [0.4, 0.5) is 0 Å². The predicted molar refractivity (Wildman–Crippen MR) is 57.8 cm³/mol. The van der Waals surface area contributed by atoms with Gasteiger partial charge in [0.15, 0.2) is 0 Å². The lowest BCUT2D eigenvalue weighted by Crippen LogP contribution is -2.08. The van der Waals surface area contributed by atoms with Gasteiger partial charge in [0.1, 0.15) is 0 Å². The third kappa shape index (κ3) is 3.14. The van der Waals surface area contributed by atoms with Crippen LogP contribution in [-0.2, 0) is 4.52 Å². The van der Waals surface area contributed by atoms with Crippen molar-refractivity contribution in [2.24, 2.45) is 0 Å². The van der Waals surface area contributed by atoms with Crippen molar-refractivity contribution in [1.29, 1.82) is 0 Å². The first-order valence-corrected chi connectivity index (χ1v) is 7.92. The molecule has 4 heteroatoms. The van der Waals surface area contributed by atoms with E-state index < -0.39 is 0 Å². The van der Waals surface area contributed by atoms with E-state index >= 15 is 0 Å². The second-order valence-electron chi connectivity index (χ2n) is 2.46. The van der Waals surface area contributed by atoms with Crippen LogP contribution in [0.5, 0.6) is 0 Å². The third-order valence-electron chi connectivity index (χ3n) is 1.67. The predicted octanol–water partition coefficient (Wildman–Crippen LogP) is 3.20. The molecule has 66 valence electrons. The average molecular weight is 210 g/mol. The Balaban J connectivity index is 2.30. The molecule has 0 N–H and O–H groups in total. The molecular formula is C7H15OPS2. The van der Waals surface area contributed by atoms with Gasteiger partial charge < -0.3 is 4.52 Å².